The Bertz CT molecular complexity index is 1640. The van der Waals surface area contributed by atoms with Gasteiger partial charge in [0.2, 0.25) is 11.6 Å². The van der Waals surface area contributed by atoms with E-state index in [9.17, 15) is 25.1 Å². The highest BCUT2D eigenvalue weighted by Crippen LogP contribution is 2.47. The second kappa shape index (κ2) is 13.0. The monoisotopic (exact) mass is 629 g/mol. The van der Waals surface area contributed by atoms with Crippen LogP contribution >= 0.6 is 0 Å². The van der Waals surface area contributed by atoms with Gasteiger partial charge in [0.05, 0.1) is 32.8 Å². The first kappa shape index (κ1) is 32.8. The molecular weight excluding hydrogens is 590 g/mol. The molecule has 11 nitrogen and oxygen atoms in total. The van der Waals surface area contributed by atoms with Crippen molar-refractivity contribution in [2.24, 2.45) is 5.41 Å². The van der Waals surface area contributed by atoms with E-state index in [1.807, 2.05) is 18.2 Å². The number of aliphatic hydroxyl groups is 2. The Balaban J connectivity index is 1.53. The van der Waals surface area contributed by atoms with Crippen molar-refractivity contribution in [3.05, 3.63) is 89.5 Å². The molecule has 0 saturated carbocycles. The lowest BCUT2D eigenvalue weighted by molar-refractivity contribution is -0.156. The number of para-hydroxylation sites is 3. The van der Waals surface area contributed by atoms with E-state index in [0.717, 1.165) is 10.5 Å². The summed E-state index contributed by atoms with van der Waals surface area (Å²) in [6.45, 7) is 1.51. The molecule has 0 spiro atoms. The number of methoxy groups -OCH3 is 3. The molecule has 5 atom stereocenters. The number of nitriles is 1. The highest BCUT2D eigenvalue weighted by atomic mass is 16.6. The van der Waals surface area contributed by atoms with Crippen LogP contribution in [0.25, 0.3) is 0 Å². The molecule has 0 aromatic heterocycles. The molecule has 3 aromatic rings. The van der Waals surface area contributed by atoms with Crippen LogP contribution in [-0.4, -0.2) is 78.5 Å². The fraction of sp³-hybridized carbons (Fsp3) is 0.400. The van der Waals surface area contributed by atoms with Crippen LogP contribution in [-0.2, 0) is 28.8 Å². The zero-order valence-electron chi connectivity index (χ0n) is 26.4. The van der Waals surface area contributed by atoms with E-state index in [1.54, 1.807) is 61.5 Å². The third kappa shape index (κ3) is 6.11. The highest BCUT2D eigenvalue weighted by molar-refractivity contribution is 6.00. The fourth-order valence-electron chi connectivity index (χ4n) is 6.65. The molecule has 2 aliphatic rings. The Morgan fingerprint density at radius 3 is 1.96 bits per heavy atom. The first-order chi connectivity index (χ1) is 22.0. The predicted molar refractivity (Wildman–Crippen MR) is 167 cm³/mol. The van der Waals surface area contributed by atoms with Crippen LogP contribution in [0.2, 0.25) is 0 Å². The normalized spacial score (nSPS) is 26.6. The van der Waals surface area contributed by atoms with Gasteiger partial charge in [-0.1, -0.05) is 54.6 Å². The zero-order chi connectivity index (χ0) is 33.1. The van der Waals surface area contributed by atoms with Gasteiger partial charge in [0, 0.05) is 25.8 Å². The summed E-state index contributed by atoms with van der Waals surface area (Å²) in [7, 11) is 4.57. The lowest BCUT2D eigenvalue weighted by atomic mass is 9.78. The van der Waals surface area contributed by atoms with Crippen LogP contribution < -0.4 is 19.5 Å². The Morgan fingerprint density at radius 2 is 1.41 bits per heavy atom. The number of ether oxygens (including phenoxy) is 4. The molecular formula is C35H39N3O8. The van der Waals surface area contributed by atoms with Crippen molar-refractivity contribution in [2.45, 2.75) is 56.1 Å². The molecule has 242 valence electrons. The first-order valence-corrected chi connectivity index (χ1v) is 15.0. The maximum absolute atomic E-state index is 13.5. The molecule has 2 aliphatic heterocycles. The molecule has 0 bridgehead atoms. The van der Waals surface area contributed by atoms with Gasteiger partial charge in [0.15, 0.2) is 0 Å². The lowest BCUT2D eigenvalue weighted by Gasteiger charge is -2.44. The molecule has 0 radical (unpaired) electrons. The summed E-state index contributed by atoms with van der Waals surface area (Å²) in [5, 5.41) is 37.2. The molecule has 2 heterocycles. The van der Waals surface area contributed by atoms with Gasteiger partial charge in [-0.2, -0.15) is 5.26 Å². The first-order valence-electron chi connectivity index (χ1n) is 15.0. The minimum atomic E-state index is -2.03. The molecule has 46 heavy (non-hydrogen) atoms. The van der Waals surface area contributed by atoms with Gasteiger partial charge in [-0.05, 0) is 48.2 Å². The summed E-state index contributed by atoms with van der Waals surface area (Å²) in [6.07, 6.45) is -2.84. The van der Waals surface area contributed by atoms with Crippen LogP contribution in [0.3, 0.4) is 0 Å². The van der Waals surface area contributed by atoms with Crippen LogP contribution in [0.5, 0.6) is 17.2 Å². The van der Waals surface area contributed by atoms with Gasteiger partial charge >= 0.3 is 6.03 Å². The zero-order valence-corrected chi connectivity index (χ0v) is 26.4. The highest BCUT2D eigenvalue weighted by Gasteiger charge is 2.63. The minimum Gasteiger partial charge on any atom is -0.496 e. The summed E-state index contributed by atoms with van der Waals surface area (Å²) in [6, 6.07) is 22.8. The second-order valence-electron chi connectivity index (χ2n) is 12.2. The van der Waals surface area contributed by atoms with Crippen molar-refractivity contribution in [1.82, 2.24) is 10.2 Å². The molecule has 0 aliphatic carbocycles. The van der Waals surface area contributed by atoms with Crippen molar-refractivity contribution < 1.29 is 38.7 Å². The number of hydrogen-bond donors (Lipinski definition) is 3. The van der Waals surface area contributed by atoms with Crippen LogP contribution in [0, 0.1) is 16.7 Å². The average Bonchev–Trinajstić information content (AvgIpc) is 3.36. The van der Waals surface area contributed by atoms with Gasteiger partial charge in [-0.3, -0.25) is 15.0 Å². The Labute approximate surface area is 268 Å². The number of imide groups is 1. The number of carbonyl (C=O) groups is 2. The maximum Gasteiger partial charge on any atom is 0.327 e. The molecule has 2 unspecified atom stereocenters. The topological polar surface area (TPSA) is 151 Å². The quantitative estimate of drug-likeness (QED) is 0.290. The number of amides is 3. The second-order valence-corrected chi connectivity index (χ2v) is 12.2. The van der Waals surface area contributed by atoms with Crippen LogP contribution in [0.15, 0.2) is 72.8 Å². The molecule has 2 saturated heterocycles. The van der Waals surface area contributed by atoms with Gasteiger partial charge in [0.25, 0.3) is 0 Å². The summed E-state index contributed by atoms with van der Waals surface area (Å²) >= 11 is 0. The van der Waals surface area contributed by atoms with Crippen LogP contribution in [0.1, 0.15) is 30.0 Å². The number of aliphatic hydroxyl groups excluding tert-OH is 1. The van der Waals surface area contributed by atoms with Crippen molar-refractivity contribution in [3.63, 3.8) is 0 Å². The summed E-state index contributed by atoms with van der Waals surface area (Å²) in [5.74, 6) is 1.12. The number of rotatable bonds is 11. The van der Waals surface area contributed by atoms with E-state index >= 15 is 0 Å². The Morgan fingerprint density at radius 1 is 0.913 bits per heavy atom. The number of nitrogens with one attached hydrogen (secondary N) is 1. The third-order valence-corrected chi connectivity index (χ3v) is 8.96. The largest absolute Gasteiger partial charge is 0.496 e. The van der Waals surface area contributed by atoms with Crippen LogP contribution in [0.4, 0.5) is 4.79 Å². The van der Waals surface area contributed by atoms with E-state index in [2.05, 4.69) is 11.4 Å². The number of hydrogen-bond acceptors (Lipinski definition) is 9. The summed E-state index contributed by atoms with van der Waals surface area (Å²) in [4.78, 5) is 28.0. The number of urea groups is 1. The van der Waals surface area contributed by atoms with Gasteiger partial charge in [-0.15, -0.1) is 0 Å². The van der Waals surface area contributed by atoms with E-state index in [1.165, 1.54) is 21.3 Å². The lowest BCUT2D eigenvalue weighted by Crippen LogP contribution is -2.66. The van der Waals surface area contributed by atoms with E-state index in [4.69, 9.17) is 18.9 Å². The summed E-state index contributed by atoms with van der Waals surface area (Å²) in [5.41, 5.74) is -3.03. The smallest absolute Gasteiger partial charge is 0.327 e. The summed E-state index contributed by atoms with van der Waals surface area (Å²) < 4.78 is 22.9. The molecule has 5 rings (SSSR count). The number of benzene rings is 3. The van der Waals surface area contributed by atoms with Crippen molar-refractivity contribution in [2.75, 3.05) is 27.9 Å². The Kier molecular flexibility index (Phi) is 9.26. The van der Waals surface area contributed by atoms with Gasteiger partial charge in [-0.25, -0.2) is 4.79 Å². The predicted octanol–water partition coefficient (Wildman–Crippen LogP) is 3.40. The maximum atomic E-state index is 13.5. The number of carbonyl (C=O) groups excluding carboxylic acids is 2. The van der Waals surface area contributed by atoms with E-state index in [-0.39, 0.29) is 32.2 Å². The molecule has 3 aromatic carbocycles. The Hall–Kier alpha value is -4.63. The standard InChI is InChI=1S/C35H39N3O8/c1-33(18-24-12-6-9-15-28(24)44-3)22-38(32(41)37-31(33)40)35(21-36)20-34(42,19-25-13-7-10-16-29(25)45-4)30(46-35)26(39)17-23-11-5-8-14-27(23)43-2/h5-16,26,30,39,42H,17-20,22H2,1-4H3,(H,37,40,41)/t26?,30-,33?,34+,35+/m1/s1. The molecule has 3 N–H and O–H groups in total. The average molecular weight is 630 g/mol. The SMILES string of the molecule is COc1ccccc1CC(O)[C@H]1O[C@@](C#N)(N2CC(C)(Cc3ccccc3OC)C(=O)NC2=O)C[C@@]1(O)Cc1ccccc1OC. The molecule has 3 amide bonds. The van der Waals surface area contributed by atoms with Gasteiger partial charge in [0.1, 0.15) is 35.0 Å². The van der Waals surface area contributed by atoms with Crippen molar-refractivity contribution in [3.8, 4) is 23.3 Å². The molecule has 2 fully saturated rings. The third-order valence-electron chi connectivity index (χ3n) is 8.96. The van der Waals surface area contributed by atoms with Crippen molar-refractivity contribution in [1.29, 1.82) is 5.26 Å². The van der Waals surface area contributed by atoms with Crippen molar-refractivity contribution >= 4 is 11.9 Å². The number of nitrogens with zero attached hydrogens (tertiary/aromatic N) is 2. The van der Waals surface area contributed by atoms with E-state index in [0.29, 0.717) is 28.4 Å². The van der Waals surface area contributed by atoms with Gasteiger partial charge < -0.3 is 29.2 Å². The fourth-order valence-corrected chi connectivity index (χ4v) is 6.65. The van der Waals surface area contributed by atoms with E-state index < -0.39 is 40.9 Å². The minimum absolute atomic E-state index is 0.0284. The molecule has 11 heteroatoms.